The first kappa shape index (κ1) is 9.53. The molecule has 1 aromatic rings. The predicted octanol–water partition coefficient (Wildman–Crippen LogP) is 2.28. The number of fused-ring (bicyclic) bond motifs is 1. The van der Waals surface area contributed by atoms with Crippen LogP contribution >= 0.6 is 0 Å². The molecule has 2 unspecified atom stereocenters. The summed E-state index contributed by atoms with van der Waals surface area (Å²) in [6.07, 6.45) is 2.23. The van der Waals surface area contributed by atoms with Crippen LogP contribution < -0.4 is 10.5 Å². The van der Waals surface area contributed by atoms with Gasteiger partial charge in [-0.3, -0.25) is 0 Å². The van der Waals surface area contributed by atoms with Crippen LogP contribution in [0, 0.1) is 5.92 Å². The lowest BCUT2D eigenvalue weighted by Gasteiger charge is -2.27. The third kappa shape index (κ3) is 1.62. The summed E-state index contributed by atoms with van der Waals surface area (Å²) in [6.45, 7) is 2.26. The van der Waals surface area contributed by atoms with Crippen molar-refractivity contribution in [3.8, 4) is 5.75 Å². The molecule has 0 saturated carbocycles. The summed E-state index contributed by atoms with van der Waals surface area (Å²) in [7, 11) is 1.69. The first-order valence-electron chi connectivity index (χ1n) is 5.13. The van der Waals surface area contributed by atoms with Gasteiger partial charge in [0.25, 0.3) is 0 Å². The molecule has 0 spiro atoms. The van der Waals surface area contributed by atoms with Crippen LogP contribution in [-0.2, 0) is 6.42 Å². The van der Waals surface area contributed by atoms with Crippen molar-refractivity contribution < 1.29 is 4.74 Å². The number of rotatable bonds is 1. The monoisotopic (exact) mass is 191 g/mol. The molecule has 2 atom stereocenters. The average Bonchev–Trinajstić information content (AvgIpc) is 2.17. The molecule has 0 fully saturated rings. The summed E-state index contributed by atoms with van der Waals surface area (Å²) in [4.78, 5) is 0. The Balaban J connectivity index is 2.39. The van der Waals surface area contributed by atoms with Crippen molar-refractivity contribution in [2.24, 2.45) is 11.7 Å². The van der Waals surface area contributed by atoms with Crippen LogP contribution in [0.25, 0.3) is 0 Å². The lowest BCUT2D eigenvalue weighted by Crippen LogP contribution is -2.22. The highest BCUT2D eigenvalue weighted by Crippen LogP contribution is 2.33. The molecule has 1 aliphatic rings. The van der Waals surface area contributed by atoms with E-state index < -0.39 is 0 Å². The lowest BCUT2D eigenvalue weighted by atomic mass is 9.82. The van der Waals surface area contributed by atoms with E-state index in [4.69, 9.17) is 10.5 Å². The minimum atomic E-state index is 0.184. The third-order valence-corrected chi connectivity index (χ3v) is 2.98. The second-order valence-electron chi connectivity index (χ2n) is 4.22. The van der Waals surface area contributed by atoms with Gasteiger partial charge in [0.15, 0.2) is 0 Å². The molecule has 0 heterocycles. The van der Waals surface area contributed by atoms with Crippen molar-refractivity contribution in [2.45, 2.75) is 25.8 Å². The van der Waals surface area contributed by atoms with Gasteiger partial charge in [-0.15, -0.1) is 0 Å². The molecular weight excluding hydrogens is 174 g/mol. The molecule has 1 aliphatic carbocycles. The number of hydrogen-bond donors (Lipinski definition) is 1. The lowest BCUT2D eigenvalue weighted by molar-refractivity contribution is 0.406. The van der Waals surface area contributed by atoms with Crippen LogP contribution in [0.5, 0.6) is 5.75 Å². The second-order valence-corrected chi connectivity index (χ2v) is 4.22. The minimum Gasteiger partial charge on any atom is -0.497 e. The van der Waals surface area contributed by atoms with Gasteiger partial charge >= 0.3 is 0 Å². The van der Waals surface area contributed by atoms with Crippen LogP contribution in [0.15, 0.2) is 18.2 Å². The van der Waals surface area contributed by atoms with E-state index in [0.717, 1.165) is 18.6 Å². The van der Waals surface area contributed by atoms with Gasteiger partial charge in [-0.1, -0.05) is 13.0 Å². The summed E-state index contributed by atoms with van der Waals surface area (Å²) in [5, 5.41) is 0. The Bertz CT molecular complexity index is 335. The van der Waals surface area contributed by atoms with Gasteiger partial charge in [-0.05, 0) is 42.0 Å². The SMILES string of the molecule is COc1ccc2c(c1)C(N)CC(C)C2. The highest BCUT2D eigenvalue weighted by Gasteiger charge is 2.21. The zero-order valence-electron chi connectivity index (χ0n) is 8.79. The van der Waals surface area contributed by atoms with Crippen molar-refractivity contribution in [3.63, 3.8) is 0 Å². The van der Waals surface area contributed by atoms with Crippen LogP contribution in [0.1, 0.15) is 30.5 Å². The van der Waals surface area contributed by atoms with Crippen LogP contribution in [0.3, 0.4) is 0 Å². The average molecular weight is 191 g/mol. The molecule has 0 radical (unpaired) electrons. The fraction of sp³-hybridized carbons (Fsp3) is 0.500. The van der Waals surface area contributed by atoms with Crippen molar-refractivity contribution in [1.29, 1.82) is 0 Å². The smallest absolute Gasteiger partial charge is 0.119 e. The van der Waals surface area contributed by atoms with E-state index in [-0.39, 0.29) is 6.04 Å². The first-order valence-corrected chi connectivity index (χ1v) is 5.13. The van der Waals surface area contributed by atoms with Crippen LogP contribution in [0.2, 0.25) is 0 Å². The normalized spacial score (nSPS) is 25.6. The highest BCUT2D eigenvalue weighted by atomic mass is 16.5. The standard InChI is InChI=1S/C12H17NO/c1-8-5-9-3-4-10(14-2)7-11(9)12(13)6-8/h3-4,7-8,12H,5-6,13H2,1-2H3. The quantitative estimate of drug-likeness (QED) is 0.739. The van der Waals surface area contributed by atoms with Gasteiger partial charge in [-0.25, -0.2) is 0 Å². The number of ether oxygens (including phenoxy) is 1. The van der Waals surface area contributed by atoms with E-state index in [2.05, 4.69) is 19.1 Å². The summed E-state index contributed by atoms with van der Waals surface area (Å²) >= 11 is 0. The van der Waals surface area contributed by atoms with Gasteiger partial charge in [0.05, 0.1) is 7.11 Å². The molecule has 0 aromatic heterocycles. The third-order valence-electron chi connectivity index (χ3n) is 2.98. The van der Waals surface area contributed by atoms with E-state index in [1.54, 1.807) is 7.11 Å². The summed E-state index contributed by atoms with van der Waals surface area (Å²) in [5.74, 6) is 1.61. The summed E-state index contributed by atoms with van der Waals surface area (Å²) in [6, 6.07) is 6.42. The summed E-state index contributed by atoms with van der Waals surface area (Å²) < 4.78 is 5.20. The van der Waals surface area contributed by atoms with Crippen molar-refractivity contribution in [3.05, 3.63) is 29.3 Å². The molecule has 14 heavy (non-hydrogen) atoms. The molecule has 0 aliphatic heterocycles. The molecule has 2 nitrogen and oxygen atoms in total. The molecule has 2 heteroatoms. The van der Waals surface area contributed by atoms with Crippen LogP contribution in [0.4, 0.5) is 0 Å². The van der Waals surface area contributed by atoms with E-state index in [0.29, 0.717) is 5.92 Å². The van der Waals surface area contributed by atoms with E-state index in [9.17, 15) is 0 Å². The largest absolute Gasteiger partial charge is 0.497 e. The Kier molecular flexibility index (Phi) is 2.46. The Morgan fingerprint density at radius 2 is 2.21 bits per heavy atom. The van der Waals surface area contributed by atoms with Gasteiger partial charge in [0.1, 0.15) is 5.75 Å². The van der Waals surface area contributed by atoms with Crippen molar-refractivity contribution in [2.75, 3.05) is 7.11 Å². The zero-order valence-corrected chi connectivity index (χ0v) is 8.79. The highest BCUT2D eigenvalue weighted by molar-refractivity contribution is 5.39. The Hall–Kier alpha value is -1.02. The van der Waals surface area contributed by atoms with E-state index in [1.807, 2.05) is 6.07 Å². The van der Waals surface area contributed by atoms with E-state index in [1.165, 1.54) is 11.1 Å². The molecule has 2 N–H and O–H groups in total. The molecule has 0 amide bonds. The molecule has 76 valence electrons. The molecular formula is C12H17NO. The first-order chi connectivity index (χ1) is 6.70. The fourth-order valence-electron chi connectivity index (χ4n) is 2.25. The maximum absolute atomic E-state index is 6.10. The van der Waals surface area contributed by atoms with Gasteiger partial charge in [-0.2, -0.15) is 0 Å². The Morgan fingerprint density at radius 1 is 1.43 bits per heavy atom. The van der Waals surface area contributed by atoms with Gasteiger partial charge in [0, 0.05) is 6.04 Å². The molecule has 0 bridgehead atoms. The summed E-state index contributed by atoms with van der Waals surface area (Å²) in [5.41, 5.74) is 8.76. The fourth-order valence-corrected chi connectivity index (χ4v) is 2.25. The topological polar surface area (TPSA) is 35.2 Å². The Morgan fingerprint density at radius 3 is 2.93 bits per heavy atom. The predicted molar refractivity (Wildman–Crippen MR) is 57.4 cm³/mol. The number of methoxy groups -OCH3 is 1. The maximum atomic E-state index is 6.10. The van der Waals surface area contributed by atoms with Gasteiger partial charge < -0.3 is 10.5 Å². The zero-order chi connectivity index (χ0) is 10.1. The van der Waals surface area contributed by atoms with Crippen molar-refractivity contribution >= 4 is 0 Å². The maximum Gasteiger partial charge on any atom is 0.119 e. The minimum absolute atomic E-state index is 0.184. The van der Waals surface area contributed by atoms with Crippen molar-refractivity contribution in [1.82, 2.24) is 0 Å². The number of hydrogen-bond acceptors (Lipinski definition) is 2. The van der Waals surface area contributed by atoms with Gasteiger partial charge in [0.2, 0.25) is 0 Å². The number of nitrogens with two attached hydrogens (primary N) is 1. The van der Waals surface area contributed by atoms with Crippen LogP contribution in [-0.4, -0.2) is 7.11 Å². The molecule has 1 aromatic carbocycles. The second kappa shape index (κ2) is 3.62. The van der Waals surface area contributed by atoms with E-state index >= 15 is 0 Å². The molecule has 0 saturated heterocycles. The number of benzene rings is 1. The Labute approximate surface area is 85.1 Å². The molecule has 2 rings (SSSR count).